The van der Waals surface area contributed by atoms with Crippen molar-refractivity contribution >= 4 is 0 Å². The fourth-order valence-electron chi connectivity index (χ4n) is 2.88. The summed E-state index contributed by atoms with van der Waals surface area (Å²) in [6.07, 6.45) is 7.87. The molecule has 0 aliphatic rings. The first kappa shape index (κ1) is 17.2. The molecule has 0 spiro atoms. The summed E-state index contributed by atoms with van der Waals surface area (Å²) in [5.41, 5.74) is 1.65. The molecule has 20 heavy (non-hydrogen) atoms. The Labute approximate surface area is 126 Å². The Balaban J connectivity index is 2.69. The van der Waals surface area contributed by atoms with Crippen LogP contribution < -0.4 is 5.32 Å². The molecular weight excluding hydrogens is 242 g/mol. The van der Waals surface area contributed by atoms with E-state index >= 15 is 0 Å². The number of benzene rings is 1. The minimum atomic E-state index is 0.197. The van der Waals surface area contributed by atoms with Crippen molar-refractivity contribution in [2.24, 2.45) is 0 Å². The lowest BCUT2D eigenvalue weighted by Gasteiger charge is -2.36. The Morgan fingerprint density at radius 1 is 0.950 bits per heavy atom. The van der Waals surface area contributed by atoms with Crippen molar-refractivity contribution in [3.8, 4) is 0 Å². The number of nitrogens with one attached hydrogen (secondary N) is 1. The van der Waals surface area contributed by atoms with Crippen molar-refractivity contribution in [3.05, 3.63) is 35.9 Å². The highest BCUT2D eigenvalue weighted by Crippen LogP contribution is 2.30. The third-order valence-corrected chi connectivity index (χ3v) is 4.38. The molecule has 0 aliphatic carbocycles. The molecule has 0 aromatic heterocycles. The maximum Gasteiger partial charge on any atom is 0.0159 e. The van der Waals surface area contributed by atoms with Crippen LogP contribution in [-0.2, 0) is 5.41 Å². The van der Waals surface area contributed by atoms with Crippen LogP contribution in [0.4, 0.5) is 0 Å². The van der Waals surface area contributed by atoms with Gasteiger partial charge in [0.2, 0.25) is 0 Å². The topological polar surface area (TPSA) is 12.0 Å². The van der Waals surface area contributed by atoms with E-state index in [1.54, 1.807) is 0 Å². The highest BCUT2D eigenvalue weighted by molar-refractivity contribution is 5.25. The van der Waals surface area contributed by atoms with Crippen molar-refractivity contribution in [1.29, 1.82) is 0 Å². The van der Waals surface area contributed by atoms with Gasteiger partial charge in [0, 0.05) is 11.5 Å². The lowest BCUT2D eigenvalue weighted by atomic mass is 9.75. The molecule has 0 saturated heterocycles. The molecular formula is C19H33N. The molecule has 1 unspecified atom stereocenters. The van der Waals surface area contributed by atoms with Gasteiger partial charge in [0.05, 0.1) is 0 Å². The highest BCUT2D eigenvalue weighted by atomic mass is 14.9. The van der Waals surface area contributed by atoms with Crippen LogP contribution in [0.5, 0.6) is 0 Å². The Kier molecular flexibility index (Phi) is 7.91. The molecule has 0 fully saturated rings. The van der Waals surface area contributed by atoms with E-state index in [-0.39, 0.29) is 5.41 Å². The van der Waals surface area contributed by atoms with E-state index in [0.717, 1.165) is 6.54 Å². The van der Waals surface area contributed by atoms with Crippen LogP contribution in [0, 0.1) is 0 Å². The molecule has 1 N–H and O–H groups in total. The second-order valence-electron chi connectivity index (χ2n) is 6.44. The maximum atomic E-state index is 3.79. The summed E-state index contributed by atoms with van der Waals surface area (Å²) in [5.74, 6) is 0. The monoisotopic (exact) mass is 275 g/mol. The molecule has 114 valence electrons. The predicted octanol–water partition coefficient (Wildman–Crippen LogP) is 5.30. The molecule has 0 radical (unpaired) electrons. The first-order valence-electron chi connectivity index (χ1n) is 8.41. The van der Waals surface area contributed by atoms with Gasteiger partial charge in [-0.25, -0.2) is 0 Å². The second kappa shape index (κ2) is 9.18. The summed E-state index contributed by atoms with van der Waals surface area (Å²) in [6.45, 7) is 10.4. The minimum Gasteiger partial charge on any atom is -0.313 e. The van der Waals surface area contributed by atoms with Crippen molar-refractivity contribution in [1.82, 2.24) is 5.32 Å². The molecule has 0 saturated carbocycles. The van der Waals surface area contributed by atoms with Gasteiger partial charge >= 0.3 is 0 Å². The summed E-state index contributed by atoms with van der Waals surface area (Å²) in [5, 5.41) is 3.79. The number of rotatable bonds is 10. The molecule has 1 aromatic carbocycles. The maximum absolute atomic E-state index is 3.79. The van der Waals surface area contributed by atoms with Crippen LogP contribution in [-0.4, -0.2) is 12.6 Å². The van der Waals surface area contributed by atoms with Crippen LogP contribution in [0.3, 0.4) is 0 Å². The zero-order valence-corrected chi connectivity index (χ0v) is 13.9. The van der Waals surface area contributed by atoms with E-state index in [2.05, 4.69) is 63.3 Å². The largest absolute Gasteiger partial charge is 0.313 e. The average Bonchev–Trinajstić information content (AvgIpc) is 2.47. The van der Waals surface area contributed by atoms with Crippen LogP contribution >= 0.6 is 0 Å². The molecule has 1 aromatic rings. The fraction of sp³-hybridized carbons (Fsp3) is 0.684. The molecule has 0 heterocycles. The van der Waals surface area contributed by atoms with Crippen molar-refractivity contribution in [2.75, 3.05) is 6.54 Å². The van der Waals surface area contributed by atoms with Gasteiger partial charge in [-0.05, 0) is 24.9 Å². The van der Waals surface area contributed by atoms with Crippen molar-refractivity contribution < 1.29 is 0 Å². The van der Waals surface area contributed by atoms with Gasteiger partial charge in [-0.1, -0.05) is 83.7 Å². The second-order valence-corrected chi connectivity index (χ2v) is 6.44. The quantitative estimate of drug-likeness (QED) is 0.571. The van der Waals surface area contributed by atoms with Crippen LogP contribution in [0.1, 0.15) is 71.8 Å². The molecule has 1 rings (SSSR count). The molecule has 0 amide bonds. The SMILES string of the molecule is CCCCCCC(NCCC)C(C)(C)c1ccccc1. The van der Waals surface area contributed by atoms with E-state index in [9.17, 15) is 0 Å². The standard InChI is InChI=1S/C19H33N/c1-5-7-8-12-15-18(20-16-6-2)19(3,4)17-13-10-9-11-14-17/h9-11,13-14,18,20H,5-8,12,15-16H2,1-4H3. The van der Waals surface area contributed by atoms with Gasteiger partial charge in [0.1, 0.15) is 0 Å². The minimum absolute atomic E-state index is 0.197. The summed E-state index contributed by atoms with van der Waals surface area (Å²) < 4.78 is 0. The number of unbranched alkanes of at least 4 members (excludes halogenated alkanes) is 3. The molecule has 0 aliphatic heterocycles. The van der Waals surface area contributed by atoms with Gasteiger partial charge in [-0.3, -0.25) is 0 Å². The summed E-state index contributed by atoms with van der Waals surface area (Å²) in [6, 6.07) is 11.5. The van der Waals surface area contributed by atoms with Crippen LogP contribution in [0.25, 0.3) is 0 Å². The molecule has 1 heteroatoms. The smallest absolute Gasteiger partial charge is 0.0159 e. The van der Waals surface area contributed by atoms with Crippen LogP contribution in [0.2, 0.25) is 0 Å². The fourth-order valence-corrected chi connectivity index (χ4v) is 2.88. The zero-order valence-electron chi connectivity index (χ0n) is 13.9. The zero-order chi connectivity index (χ0) is 14.8. The average molecular weight is 275 g/mol. The number of hydrogen-bond donors (Lipinski definition) is 1. The van der Waals surface area contributed by atoms with Gasteiger partial charge < -0.3 is 5.32 Å². The summed E-state index contributed by atoms with van der Waals surface area (Å²) in [7, 11) is 0. The van der Waals surface area contributed by atoms with Gasteiger partial charge in [-0.2, -0.15) is 0 Å². The van der Waals surface area contributed by atoms with E-state index in [1.807, 2.05) is 0 Å². The lowest BCUT2D eigenvalue weighted by molar-refractivity contribution is 0.314. The third-order valence-electron chi connectivity index (χ3n) is 4.38. The first-order chi connectivity index (χ1) is 9.62. The summed E-state index contributed by atoms with van der Waals surface area (Å²) in [4.78, 5) is 0. The summed E-state index contributed by atoms with van der Waals surface area (Å²) >= 11 is 0. The van der Waals surface area contributed by atoms with Crippen molar-refractivity contribution in [3.63, 3.8) is 0 Å². The van der Waals surface area contributed by atoms with Crippen LogP contribution in [0.15, 0.2) is 30.3 Å². The Morgan fingerprint density at radius 2 is 1.65 bits per heavy atom. The lowest BCUT2D eigenvalue weighted by Crippen LogP contribution is -2.45. The Bertz CT molecular complexity index is 342. The van der Waals surface area contributed by atoms with Crippen molar-refractivity contribution in [2.45, 2.75) is 77.7 Å². The molecule has 1 atom stereocenters. The molecule has 0 bridgehead atoms. The first-order valence-corrected chi connectivity index (χ1v) is 8.41. The van der Waals surface area contributed by atoms with E-state index in [0.29, 0.717) is 6.04 Å². The third kappa shape index (κ3) is 5.28. The highest BCUT2D eigenvalue weighted by Gasteiger charge is 2.30. The molecule has 1 nitrogen and oxygen atoms in total. The van der Waals surface area contributed by atoms with E-state index in [4.69, 9.17) is 0 Å². The van der Waals surface area contributed by atoms with Gasteiger partial charge in [0.15, 0.2) is 0 Å². The normalized spacial score (nSPS) is 13.4. The van der Waals surface area contributed by atoms with E-state index < -0.39 is 0 Å². The predicted molar refractivity (Wildman–Crippen MR) is 90.3 cm³/mol. The van der Waals surface area contributed by atoms with Gasteiger partial charge in [-0.15, -0.1) is 0 Å². The number of hydrogen-bond acceptors (Lipinski definition) is 1. The Hall–Kier alpha value is -0.820. The van der Waals surface area contributed by atoms with E-state index in [1.165, 1.54) is 44.1 Å². The van der Waals surface area contributed by atoms with Gasteiger partial charge in [0.25, 0.3) is 0 Å². The Morgan fingerprint density at radius 3 is 2.25 bits per heavy atom.